The van der Waals surface area contributed by atoms with Crippen LogP contribution in [-0.2, 0) is 4.74 Å². The molecule has 2 aromatic rings. The molecule has 25 heavy (non-hydrogen) atoms. The van der Waals surface area contributed by atoms with Crippen LogP contribution >= 0.6 is 11.6 Å². The van der Waals surface area contributed by atoms with Crippen molar-refractivity contribution < 1.29 is 14.3 Å². The summed E-state index contributed by atoms with van der Waals surface area (Å²) in [5.41, 5.74) is 0.766. The average molecular weight is 363 g/mol. The summed E-state index contributed by atoms with van der Waals surface area (Å²) in [6.07, 6.45) is 0. The predicted octanol–water partition coefficient (Wildman–Crippen LogP) is 3.30. The third kappa shape index (κ3) is 4.90. The van der Waals surface area contributed by atoms with E-state index in [1.807, 2.05) is 13.8 Å². The molecule has 2 N–H and O–H groups in total. The maximum Gasteiger partial charge on any atom is 0.337 e. The molecule has 8 heteroatoms. The van der Waals surface area contributed by atoms with E-state index in [2.05, 4.69) is 25.3 Å². The molecule has 0 saturated carbocycles. The smallest absolute Gasteiger partial charge is 0.337 e. The van der Waals surface area contributed by atoms with Crippen LogP contribution in [0, 0.1) is 6.92 Å². The molecule has 0 fully saturated rings. The van der Waals surface area contributed by atoms with Crippen molar-refractivity contribution >= 4 is 35.0 Å². The molecule has 1 aromatic heterocycles. The summed E-state index contributed by atoms with van der Waals surface area (Å²) in [6, 6.07) is 6.20. The van der Waals surface area contributed by atoms with Crippen molar-refractivity contribution in [2.75, 3.05) is 17.7 Å². The van der Waals surface area contributed by atoms with Gasteiger partial charge in [0.05, 0.1) is 23.4 Å². The summed E-state index contributed by atoms with van der Waals surface area (Å²) >= 11 is 6.10. The Morgan fingerprint density at radius 1 is 1.20 bits per heavy atom. The number of methoxy groups -OCH3 is 1. The molecule has 0 unspecified atom stereocenters. The van der Waals surface area contributed by atoms with E-state index in [1.165, 1.54) is 25.3 Å². The Labute approximate surface area is 150 Å². The van der Waals surface area contributed by atoms with Gasteiger partial charge in [0.1, 0.15) is 17.3 Å². The first-order valence-corrected chi connectivity index (χ1v) is 7.99. The molecule has 1 aromatic carbocycles. The highest BCUT2D eigenvalue weighted by Crippen LogP contribution is 2.24. The highest BCUT2D eigenvalue weighted by atomic mass is 35.5. The molecule has 0 aliphatic heterocycles. The lowest BCUT2D eigenvalue weighted by molar-refractivity contribution is 0.0600. The van der Waals surface area contributed by atoms with Crippen LogP contribution in [0.1, 0.15) is 40.5 Å². The molecule has 7 nitrogen and oxygen atoms in total. The van der Waals surface area contributed by atoms with Gasteiger partial charge < -0.3 is 15.4 Å². The van der Waals surface area contributed by atoms with Crippen LogP contribution in [0.15, 0.2) is 24.3 Å². The van der Waals surface area contributed by atoms with E-state index in [9.17, 15) is 9.59 Å². The van der Waals surface area contributed by atoms with Crippen molar-refractivity contribution in [2.24, 2.45) is 0 Å². The van der Waals surface area contributed by atoms with E-state index in [4.69, 9.17) is 11.6 Å². The van der Waals surface area contributed by atoms with E-state index in [0.29, 0.717) is 22.4 Å². The number of nitrogens with zero attached hydrogens (tertiary/aromatic N) is 2. The number of anilines is 2. The minimum absolute atomic E-state index is 0.163. The fourth-order valence-electron chi connectivity index (χ4n) is 2.11. The van der Waals surface area contributed by atoms with Crippen LogP contribution < -0.4 is 10.6 Å². The summed E-state index contributed by atoms with van der Waals surface area (Å²) in [6.45, 7) is 5.64. The third-order valence-corrected chi connectivity index (χ3v) is 3.47. The molecule has 1 heterocycles. The van der Waals surface area contributed by atoms with Crippen LogP contribution in [-0.4, -0.2) is 35.0 Å². The van der Waals surface area contributed by atoms with Crippen LogP contribution in [0.25, 0.3) is 0 Å². The molecule has 0 saturated heterocycles. The van der Waals surface area contributed by atoms with Gasteiger partial charge in [-0.15, -0.1) is 0 Å². The van der Waals surface area contributed by atoms with Crippen molar-refractivity contribution in [3.63, 3.8) is 0 Å². The zero-order valence-electron chi connectivity index (χ0n) is 14.4. The topological polar surface area (TPSA) is 93.2 Å². The molecule has 1 amide bonds. The first-order valence-electron chi connectivity index (χ1n) is 7.61. The van der Waals surface area contributed by atoms with Gasteiger partial charge in [0.15, 0.2) is 0 Å². The monoisotopic (exact) mass is 362 g/mol. The number of benzene rings is 1. The largest absolute Gasteiger partial charge is 0.465 e. The Balaban J connectivity index is 2.28. The molecular weight excluding hydrogens is 344 g/mol. The van der Waals surface area contributed by atoms with Gasteiger partial charge >= 0.3 is 5.97 Å². The van der Waals surface area contributed by atoms with Crippen molar-refractivity contribution in [3.05, 3.63) is 46.4 Å². The molecule has 0 aliphatic carbocycles. The Bertz CT molecular complexity index is 808. The van der Waals surface area contributed by atoms with Crippen LogP contribution in [0.2, 0.25) is 5.02 Å². The molecule has 0 radical (unpaired) electrons. The first-order chi connectivity index (χ1) is 11.8. The number of ether oxygens (including phenoxy) is 1. The van der Waals surface area contributed by atoms with Crippen LogP contribution in [0.5, 0.6) is 0 Å². The second-order valence-electron chi connectivity index (χ2n) is 5.63. The molecule has 0 bridgehead atoms. The number of aryl methyl sites for hydroxylation is 1. The minimum Gasteiger partial charge on any atom is -0.465 e. The molecule has 0 aliphatic rings. The number of carbonyl (C=O) groups is 2. The molecule has 132 valence electrons. The van der Waals surface area contributed by atoms with Gasteiger partial charge in [-0.2, -0.15) is 0 Å². The SMILES string of the molecule is COC(=O)c1ccc(Cl)c(NC(=O)c2cc(NC(C)C)nc(C)n2)c1. The van der Waals surface area contributed by atoms with Crippen molar-refractivity contribution in [1.82, 2.24) is 9.97 Å². The summed E-state index contributed by atoms with van der Waals surface area (Å²) < 4.78 is 4.67. The van der Waals surface area contributed by atoms with Crippen molar-refractivity contribution in [3.8, 4) is 0 Å². The quantitative estimate of drug-likeness (QED) is 0.793. The lowest BCUT2D eigenvalue weighted by atomic mass is 10.2. The van der Waals surface area contributed by atoms with Crippen molar-refractivity contribution in [1.29, 1.82) is 0 Å². The number of hydrogen-bond donors (Lipinski definition) is 2. The lowest BCUT2D eigenvalue weighted by Gasteiger charge is -2.12. The van der Waals surface area contributed by atoms with E-state index in [0.717, 1.165) is 0 Å². The standard InChI is InChI=1S/C17H19ClN4O3/c1-9(2)19-15-8-14(20-10(3)21-15)16(23)22-13-7-11(17(24)25-4)5-6-12(13)18/h5-9H,1-4H3,(H,22,23)(H,19,20,21). The zero-order valence-corrected chi connectivity index (χ0v) is 15.1. The predicted molar refractivity (Wildman–Crippen MR) is 96.3 cm³/mol. The van der Waals surface area contributed by atoms with E-state index >= 15 is 0 Å². The second kappa shape index (κ2) is 7.94. The number of nitrogens with one attached hydrogen (secondary N) is 2. The normalized spacial score (nSPS) is 10.5. The number of halogens is 1. The second-order valence-corrected chi connectivity index (χ2v) is 6.03. The molecule has 0 atom stereocenters. The summed E-state index contributed by atoms with van der Waals surface area (Å²) in [4.78, 5) is 32.5. The van der Waals surface area contributed by atoms with Crippen molar-refractivity contribution in [2.45, 2.75) is 26.8 Å². The Hall–Kier alpha value is -2.67. The highest BCUT2D eigenvalue weighted by Gasteiger charge is 2.15. The van der Waals surface area contributed by atoms with Gasteiger partial charge in [0.25, 0.3) is 5.91 Å². The number of carbonyl (C=O) groups excluding carboxylic acids is 2. The van der Waals surface area contributed by atoms with E-state index in [-0.39, 0.29) is 17.3 Å². The Morgan fingerprint density at radius 2 is 1.92 bits per heavy atom. The van der Waals surface area contributed by atoms with Gasteiger partial charge in [-0.05, 0) is 39.0 Å². The molecule has 2 rings (SSSR count). The van der Waals surface area contributed by atoms with Crippen LogP contribution in [0.4, 0.5) is 11.5 Å². The first kappa shape index (κ1) is 18.7. The average Bonchev–Trinajstić information content (AvgIpc) is 2.54. The van der Waals surface area contributed by atoms with Gasteiger partial charge in [-0.25, -0.2) is 14.8 Å². The maximum absolute atomic E-state index is 12.5. The molecule has 0 spiro atoms. The molecular formula is C17H19ClN4O3. The number of aromatic nitrogens is 2. The number of rotatable bonds is 5. The number of esters is 1. The maximum atomic E-state index is 12.5. The van der Waals surface area contributed by atoms with Gasteiger partial charge in [0, 0.05) is 12.1 Å². The summed E-state index contributed by atoms with van der Waals surface area (Å²) in [7, 11) is 1.28. The van der Waals surface area contributed by atoms with Gasteiger partial charge in [0.2, 0.25) is 0 Å². The highest BCUT2D eigenvalue weighted by molar-refractivity contribution is 6.34. The third-order valence-electron chi connectivity index (χ3n) is 3.14. The van der Waals surface area contributed by atoms with E-state index < -0.39 is 11.9 Å². The number of amides is 1. The van der Waals surface area contributed by atoms with Crippen LogP contribution in [0.3, 0.4) is 0 Å². The zero-order chi connectivity index (χ0) is 18.6. The summed E-state index contributed by atoms with van der Waals surface area (Å²) in [5, 5.41) is 6.08. The fourth-order valence-corrected chi connectivity index (χ4v) is 2.27. The summed E-state index contributed by atoms with van der Waals surface area (Å²) in [5.74, 6) is 0.0435. The van der Waals surface area contributed by atoms with Gasteiger partial charge in [-0.1, -0.05) is 11.6 Å². The Kier molecular flexibility index (Phi) is 5.93. The number of hydrogen-bond acceptors (Lipinski definition) is 6. The fraction of sp³-hybridized carbons (Fsp3) is 0.294. The Morgan fingerprint density at radius 3 is 2.56 bits per heavy atom. The lowest BCUT2D eigenvalue weighted by Crippen LogP contribution is -2.18. The minimum atomic E-state index is -0.520. The van der Waals surface area contributed by atoms with Gasteiger partial charge in [-0.3, -0.25) is 4.79 Å². The van der Waals surface area contributed by atoms with E-state index in [1.54, 1.807) is 13.0 Å².